The van der Waals surface area contributed by atoms with E-state index < -0.39 is 0 Å². The topological polar surface area (TPSA) is 59.6 Å². The Hall–Kier alpha value is -2.33. The summed E-state index contributed by atoms with van der Waals surface area (Å²) < 4.78 is 6.07. The van der Waals surface area contributed by atoms with Crippen molar-refractivity contribution in [1.29, 1.82) is 0 Å². The Balaban J connectivity index is 1.66. The lowest BCUT2D eigenvalue weighted by molar-refractivity contribution is -0.0250. The zero-order valence-electron chi connectivity index (χ0n) is 16.0. The van der Waals surface area contributed by atoms with Crippen LogP contribution in [0, 0.1) is 26.7 Å². The Morgan fingerprint density at radius 2 is 1.88 bits per heavy atom. The number of hydrogen-bond donors (Lipinski definition) is 2. The van der Waals surface area contributed by atoms with Gasteiger partial charge in [0.1, 0.15) is 0 Å². The normalized spacial score (nSPS) is 20.8. The number of anilines is 1. The average Bonchev–Trinajstić information content (AvgIpc) is 2.64. The second-order valence-electron chi connectivity index (χ2n) is 7.25. The summed E-state index contributed by atoms with van der Waals surface area (Å²) >= 11 is 0. The highest BCUT2D eigenvalue weighted by Crippen LogP contribution is 2.34. The van der Waals surface area contributed by atoms with Gasteiger partial charge >= 0.3 is 0 Å². The van der Waals surface area contributed by atoms with Gasteiger partial charge in [0, 0.05) is 24.8 Å². The smallest absolute Gasteiger partial charge is 0.193 e. The van der Waals surface area contributed by atoms with Gasteiger partial charge in [-0.3, -0.25) is 4.99 Å². The Kier molecular flexibility index (Phi) is 5.94. The van der Waals surface area contributed by atoms with Crippen molar-refractivity contribution in [3.63, 3.8) is 0 Å². The van der Waals surface area contributed by atoms with Crippen LogP contribution in [0.4, 0.5) is 5.69 Å². The SMILES string of the molecule is Cc1ccc(C2OCCCC2CN=C(N)Nc2ccc(C)c(C)c2)cc1. The molecule has 1 heterocycles. The lowest BCUT2D eigenvalue weighted by Gasteiger charge is -2.31. The summed E-state index contributed by atoms with van der Waals surface area (Å²) in [6.07, 6.45) is 2.29. The van der Waals surface area contributed by atoms with Crippen LogP contribution in [0.5, 0.6) is 0 Å². The standard InChI is InChI=1S/C22H29N3O/c1-15-6-9-18(10-7-15)21-19(5-4-12-26-21)14-24-22(23)25-20-11-8-16(2)17(3)13-20/h6-11,13,19,21H,4-5,12,14H2,1-3H3,(H3,23,24,25). The molecule has 0 aromatic heterocycles. The van der Waals surface area contributed by atoms with Crippen LogP contribution < -0.4 is 11.1 Å². The summed E-state index contributed by atoms with van der Waals surface area (Å²) in [7, 11) is 0. The summed E-state index contributed by atoms with van der Waals surface area (Å²) in [4.78, 5) is 4.59. The molecule has 4 nitrogen and oxygen atoms in total. The molecule has 1 saturated heterocycles. The highest BCUT2D eigenvalue weighted by molar-refractivity contribution is 5.92. The van der Waals surface area contributed by atoms with E-state index >= 15 is 0 Å². The van der Waals surface area contributed by atoms with Crippen LogP contribution in [-0.4, -0.2) is 19.1 Å². The fraction of sp³-hybridized carbons (Fsp3) is 0.409. The van der Waals surface area contributed by atoms with Crippen molar-refractivity contribution >= 4 is 11.6 Å². The molecule has 2 atom stereocenters. The van der Waals surface area contributed by atoms with Crippen LogP contribution >= 0.6 is 0 Å². The second-order valence-corrected chi connectivity index (χ2v) is 7.25. The highest BCUT2D eigenvalue weighted by Gasteiger charge is 2.27. The third-order valence-electron chi connectivity index (χ3n) is 5.13. The molecule has 0 radical (unpaired) electrons. The molecule has 2 aromatic rings. The van der Waals surface area contributed by atoms with Crippen LogP contribution in [-0.2, 0) is 4.74 Å². The van der Waals surface area contributed by atoms with E-state index in [0.29, 0.717) is 18.4 Å². The molecule has 0 bridgehead atoms. The summed E-state index contributed by atoms with van der Waals surface area (Å²) in [6.45, 7) is 7.79. The van der Waals surface area contributed by atoms with Crippen molar-refractivity contribution in [2.24, 2.45) is 16.6 Å². The molecule has 1 fully saturated rings. The zero-order valence-corrected chi connectivity index (χ0v) is 16.0. The summed E-state index contributed by atoms with van der Waals surface area (Å²) in [5.74, 6) is 0.813. The molecular weight excluding hydrogens is 322 g/mol. The predicted octanol–water partition coefficient (Wildman–Crippen LogP) is 4.51. The number of hydrogen-bond acceptors (Lipinski definition) is 2. The fourth-order valence-electron chi connectivity index (χ4n) is 3.38. The minimum Gasteiger partial charge on any atom is -0.373 e. The van der Waals surface area contributed by atoms with Crippen molar-refractivity contribution in [2.45, 2.75) is 39.7 Å². The number of rotatable bonds is 4. The van der Waals surface area contributed by atoms with E-state index in [0.717, 1.165) is 25.1 Å². The zero-order chi connectivity index (χ0) is 18.5. The van der Waals surface area contributed by atoms with Crippen LogP contribution in [0.2, 0.25) is 0 Å². The Bertz CT molecular complexity index is 767. The first kappa shape index (κ1) is 18.5. The van der Waals surface area contributed by atoms with E-state index in [1.165, 1.54) is 22.3 Å². The number of guanidine groups is 1. The van der Waals surface area contributed by atoms with Crippen molar-refractivity contribution in [3.8, 4) is 0 Å². The van der Waals surface area contributed by atoms with Crippen LogP contribution in [0.3, 0.4) is 0 Å². The molecule has 1 aliphatic heterocycles. The number of ether oxygens (including phenoxy) is 1. The second kappa shape index (κ2) is 8.37. The number of aliphatic imine (C=N–C) groups is 1. The van der Waals surface area contributed by atoms with Gasteiger partial charge in [0.05, 0.1) is 6.10 Å². The van der Waals surface area contributed by atoms with E-state index in [-0.39, 0.29) is 6.10 Å². The molecular formula is C22H29N3O. The molecule has 0 spiro atoms. The van der Waals surface area contributed by atoms with E-state index in [1.807, 2.05) is 6.07 Å². The maximum Gasteiger partial charge on any atom is 0.193 e. The van der Waals surface area contributed by atoms with Crippen molar-refractivity contribution in [3.05, 3.63) is 64.7 Å². The number of nitrogens with one attached hydrogen (secondary N) is 1. The maximum atomic E-state index is 6.11. The van der Waals surface area contributed by atoms with E-state index in [2.05, 4.69) is 67.5 Å². The summed E-state index contributed by atoms with van der Waals surface area (Å²) in [5, 5.41) is 3.20. The molecule has 3 rings (SSSR count). The van der Waals surface area contributed by atoms with Crippen molar-refractivity contribution < 1.29 is 4.74 Å². The minimum absolute atomic E-state index is 0.0996. The van der Waals surface area contributed by atoms with E-state index in [4.69, 9.17) is 10.5 Å². The molecule has 0 aliphatic carbocycles. The van der Waals surface area contributed by atoms with Gasteiger partial charge in [-0.05, 0) is 62.4 Å². The third kappa shape index (κ3) is 4.64. The van der Waals surface area contributed by atoms with Crippen molar-refractivity contribution in [1.82, 2.24) is 0 Å². The monoisotopic (exact) mass is 351 g/mol. The van der Waals surface area contributed by atoms with Gasteiger partial charge in [0.2, 0.25) is 0 Å². The Morgan fingerprint density at radius 1 is 1.12 bits per heavy atom. The number of aryl methyl sites for hydroxylation is 3. The van der Waals surface area contributed by atoms with E-state index in [1.54, 1.807) is 0 Å². The van der Waals surface area contributed by atoms with Gasteiger partial charge in [-0.1, -0.05) is 35.9 Å². The molecule has 4 heteroatoms. The third-order valence-corrected chi connectivity index (χ3v) is 5.13. The molecule has 0 saturated carbocycles. The molecule has 138 valence electrons. The quantitative estimate of drug-likeness (QED) is 0.629. The van der Waals surface area contributed by atoms with Gasteiger partial charge < -0.3 is 15.8 Å². The van der Waals surface area contributed by atoms with Crippen LogP contribution in [0.15, 0.2) is 47.5 Å². The van der Waals surface area contributed by atoms with Gasteiger partial charge in [-0.2, -0.15) is 0 Å². The van der Waals surface area contributed by atoms with Gasteiger partial charge in [-0.15, -0.1) is 0 Å². The summed E-state index contributed by atoms with van der Waals surface area (Å²) in [5.41, 5.74) is 12.1. The molecule has 2 aromatic carbocycles. The van der Waals surface area contributed by atoms with Gasteiger partial charge in [-0.25, -0.2) is 0 Å². The molecule has 1 aliphatic rings. The van der Waals surface area contributed by atoms with Gasteiger partial charge in [0.25, 0.3) is 0 Å². The molecule has 0 amide bonds. The number of benzene rings is 2. The highest BCUT2D eigenvalue weighted by atomic mass is 16.5. The number of nitrogens with two attached hydrogens (primary N) is 1. The van der Waals surface area contributed by atoms with E-state index in [9.17, 15) is 0 Å². The average molecular weight is 351 g/mol. The Labute approximate surface area is 156 Å². The first-order valence-electron chi connectivity index (χ1n) is 9.35. The maximum absolute atomic E-state index is 6.11. The molecule has 2 unspecified atom stereocenters. The fourth-order valence-corrected chi connectivity index (χ4v) is 3.38. The molecule has 26 heavy (non-hydrogen) atoms. The Morgan fingerprint density at radius 3 is 2.62 bits per heavy atom. The molecule has 3 N–H and O–H groups in total. The lowest BCUT2D eigenvalue weighted by Crippen LogP contribution is -2.28. The van der Waals surface area contributed by atoms with Crippen molar-refractivity contribution in [2.75, 3.05) is 18.5 Å². The minimum atomic E-state index is 0.0996. The lowest BCUT2D eigenvalue weighted by atomic mass is 9.89. The largest absolute Gasteiger partial charge is 0.373 e. The predicted molar refractivity (Wildman–Crippen MR) is 109 cm³/mol. The summed E-state index contributed by atoms with van der Waals surface area (Å²) in [6, 6.07) is 14.8. The first-order chi connectivity index (χ1) is 12.5. The first-order valence-corrected chi connectivity index (χ1v) is 9.35. The van der Waals surface area contributed by atoms with Crippen LogP contribution in [0.25, 0.3) is 0 Å². The van der Waals surface area contributed by atoms with Gasteiger partial charge in [0.15, 0.2) is 5.96 Å². The number of nitrogens with zero attached hydrogens (tertiary/aromatic N) is 1. The van der Waals surface area contributed by atoms with Crippen LogP contribution in [0.1, 0.15) is 41.2 Å².